The van der Waals surface area contributed by atoms with Crippen molar-refractivity contribution in [3.8, 4) is 0 Å². The molecule has 0 amide bonds. The molecule has 0 spiro atoms. The van der Waals surface area contributed by atoms with E-state index in [2.05, 4.69) is 5.32 Å². The van der Waals surface area contributed by atoms with Crippen molar-refractivity contribution in [2.24, 2.45) is 0 Å². The second-order valence-corrected chi connectivity index (χ2v) is 5.17. The van der Waals surface area contributed by atoms with E-state index in [0.717, 1.165) is 5.56 Å². The summed E-state index contributed by atoms with van der Waals surface area (Å²) in [6.07, 6.45) is 0. The minimum Gasteiger partial charge on any atom is -0.383 e. The molecule has 0 saturated heterocycles. The number of ether oxygens (including phenoxy) is 1. The lowest BCUT2D eigenvalue weighted by Crippen LogP contribution is -2.32. The summed E-state index contributed by atoms with van der Waals surface area (Å²) in [5.41, 5.74) is 0.934. The Labute approximate surface area is 117 Å². The van der Waals surface area contributed by atoms with E-state index in [-0.39, 0.29) is 12.1 Å². The minimum atomic E-state index is 0.0856. The van der Waals surface area contributed by atoms with Gasteiger partial charge < -0.3 is 10.1 Å². The highest BCUT2D eigenvalue weighted by Gasteiger charge is 2.15. The molecule has 1 aromatic carbocycles. The maximum atomic E-state index is 6.17. The van der Waals surface area contributed by atoms with E-state index < -0.39 is 0 Å². The van der Waals surface area contributed by atoms with Gasteiger partial charge >= 0.3 is 0 Å². The zero-order chi connectivity index (χ0) is 13.0. The largest absolute Gasteiger partial charge is 0.383 e. The normalized spacial score (nSPS) is 14.7. The van der Waals surface area contributed by atoms with E-state index in [9.17, 15) is 0 Å². The molecule has 2 unspecified atom stereocenters. The van der Waals surface area contributed by atoms with Crippen LogP contribution >= 0.6 is 34.8 Å². The molecule has 0 bridgehead atoms. The van der Waals surface area contributed by atoms with Crippen molar-refractivity contribution in [1.29, 1.82) is 0 Å². The minimum absolute atomic E-state index is 0.0856. The molecule has 2 atom stereocenters. The molecule has 96 valence electrons. The first-order valence-electron chi connectivity index (χ1n) is 5.35. The van der Waals surface area contributed by atoms with Crippen molar-refractivity contribution in [3.05, 3.63) is 32.8 Å². The third kappa shape index (κ3) is 4.01. The summed E-state index contributed by atoms with van der Waals surface area (Å²) in [4.78, 5) is 0. The highest BCUT2D eigenvalue weighted by molar-refractivity contribution is 6.48. The van der Waals surface area contributed by atoms with E-state index >= 15 is 0 Å². The number of halogens is 3. The summed E-state index contributed by atoms with van der Waals surface area (Å²) < 4.78 is 5.07. The van der Waals surface area contributed by atoms with Crippen molar-refractivity contribution < 1.29 is 4.74 Å². The van der Waals surface area contributed by atoms with Crippen LogP contribution in [0.4, 0.5) is 0 Å². The van der Waals surface area contributed by atoms with Gasteiger partial charge in [-0.25, -0.2) is 0 Å². The molecule has 0 saturated carbocycles. The van der Waals surface area contributed by atoms with Crippen LogP contribution in [0.5, 0.6) is 0 Å². The fourth-order valence-corrected chi connectivity index (χ4v) is 2.40. The number of hydrogen-bond donors (Lipinski definition) is 1. The van der Waals surface area contributed by atoms with Gasteiger partial charge in [0.15, 0.2) is 0 Å². The van der Waals surface area contributed by atoms with E-state index in [4.69, 9.17) is 39.5 Å². The Morgan fingerprint density at radius 2 is 1.82 bits per heavy atom. The summed E-state index contributed by atoms with van der Waals surface area (Å²) >= 11 is 18.1. The highest BCUT2D eigenvalue weighted by Crippen LogP contribution is 2.35. The summed E-state index contributed by atoms with van der Waals surface area (Å²) in [5, 5.41) is 4.75. The first-order chi connectivity index (χ1) is 7.97. The summed E-state index contributed by atoms with van der Waals surface area (Å²) in [5.74, 6) is 0. The van der Waals surface area contributed by atoms with Crippen molar-refractivity contribution in [2.75, 3.05) is 13.7 Å². The zero-order valence-corrected chi connectivity index (χ0v) is 12.3. The van der Waals surface area contributed by atoms with E-state index in [0.29, 0.717) is 21.7 Å². The Balaban J connectivity index is 2.82. The molecule has 1 N–H and O–H groups in total. The Kier molecular flexibility index (Phi) is 6.04. The lowest BCUT2D eigenvalue weighted by Gasteiger charge is -2.21. The molecule has 0 heterocycles. The van der Waals surface area contributed by atoms with Gasteiger partial charge in [-0.1, -0.05) is 40.9 Å². The number of nitrogens with one attached hydrogen (secondary N) is 1. The predicted octanol–water partition coefficient (Wildman–Crippen LogP) is 4.33. The second-order valence-electron chi connectivity index (χ2n) is 4.01. The van der Waals surface area contributed by atoms with Gasteiger partial charge in [-0.15, -0.1) is 0 Å². The summed E-state index contributed by atoms with van der Waals surface area (Å²) in [7, 11) is 1.68. The fraction of sp³-hybridized carbons (Fsp3) is 0.500. The van der Waals surface area contributed by atoms with Gasteiger partial charge in [-0.05, 0) is 25.5 Å². The van der Waals surface area contributed by atoms with Gasteiger partial charge in [0.05, 0.1) is 21.7 Å². The molecule has 1 aromatic rings. The van der Waals surface area contributed by atoms with Crippen molar-refractivity contribution in [3.63, 3.8) is 0 Å². The number of hydrogen-bond acceptors (Lipinski definition) is 2. The van der Waals surface area contributed by atoms with Crippen LogP contribution in [0.15, 0.2) is 12.1 Å². The molecule has 0 radical (unpaired) electrons. The topological polar surface area (TPSA) is 21.3 Å². The van der Waals surface area contributed by atoms with Crippen LogP contribution in [0.25, 0.3) is 0 Å². The van der Waals surface area contributed by atoms with Gasteiger partial charge in [0.1, 0.15) is 0 Å². The monoisotopic (exact) mass is 295 g/mol. The van der Waals surface area contributed by atoms with E-state index in [1.165, 1.54) is 0 Å². The number of rotatable bonds is 5. The maximum Gasteiger partial charge on any atom is 0.0781 e. The van der Waals surface area contributed by atoms with E-state index in [1.54, 1.807) is 13.2 Å². The molecule has 17 heavy (non-hydrogen) atoms. The van der Waals surface area contributed by atoms with Gasteiger partial charge in [-0.3, -0.25) is 0 Å². The van der Waals surface area contributed by atoms with Crippen LogP contribution in [-0.4, -0.2) is 19.8 Å². The molecule has 0 fully saturated rings. The van der Waals surface area contributed by atoms with Crippen LogP contribution in [0.1, 0.15) is 25.5 Å². The second kappa shape index (κ2) is 6.81. The summed E-state index contributed by atoms with van der Waals surface area (Å²) in [6.45, 7) is 4.71. The molecule has 0 aromatic heterocycles. The van der Waals surface area contributed by atoms with Gasteiger partial charge in [0.25, 0.3) is 0 Å². The van der Waals surface area contributed by atoms with E-state index in [1.807, 2.05) is 19.9 Å². The van der Waals surface area contributed by atoms with Crippen LogP contribution in [-0.2, 0) is 4.74 Å². The first-order valence-corrected chi connectivity index (χ1v) is 6.49. The standard InChI is InChI=1S/C12H16Cl3NO/c1-7(6-17-3)16-8(2)9-4-5-10(13)12(15)11(9)14/h4-5,7-8,16H,6H2,1-3H3. The van der Waals surface area contributed by atoms with Crippen molar-refractivity contribution >= 4 is 34.8 Å². The highest BCUT2D eigenvalue weighted by atomic mass is 35.5. The molecule has 0 aliphatic heterocycles. The third-order valence-corrected chi connectivity index (χ3v) is 3.79. The quantitative estimate of drug-likeness (QED) is 0.817. The zero-order valence-electron chi connectivity index (χ0n) is 10.1. The molecule has 0 aliphatic carbocycles. The van der Waals surface area contributed by atoms with Crippen LogP contribution < -0.4 is 5.32 Å². The SMILES string of the molecule is COCC(C)NC(C)c1ccc(Cl)c(Cl)c1Cl. The number of benzene rings is 1. The molecule has 2 nitrogen and oxygen atoms in total. The maximum absolute atomic E-state index is 6.17. The smallest absolute Gasteiger partial charge is 0.0781 e. The Bertz CT molecular complexity index is 384. The van der Waals surface area contributed by atoms with Gasteiger partial charge in [0.2, 0.25) is 0 Å². The average molecular weight is 297 g/mol. The molecule has 0 aliphatic rings. The van der Waals surface area contributed by atoms with Crippen molar-refractivity contribution in [1.82, 2.24) is 5.32 Å². The Hall–Kier alpha value is 0.01000. The first kappa shape index (κ1) is 15.1. The lowest BCUT2D eigenvalue weighted by molar-refractivity contribution is 0.168. The number of methoxy groups -OCH3 is 1. The Morgan fingerprint density at radius 3 is 2.41 bits per heavy atom. The molecular formula is C12H16Cl3NO. The van der Waals surface area contributed by atoms with Crippen LogP contribution in [0.2, 0.25) is 15.1 Å². The van der Waals surface area contributed by atoms with Gasteiger partial charge in [-0.2, -0.15) is 0 Å². The predicted molar refractivity (Wildman–Crippen MR) is 74.4 cm³/mol. The molecular weight excluding hydrogens is 280 g/mol. The van der Waals surface area contributed by atoms with Crippen LogP contribution in [0.3, 0.4) is 0 Å². The van der Waals surface area contributed by atoms with Crippen molar-refractivity contribution in [2.45, 2.75) is 25.9 Å². The molecule has 5 heteroatoms. The fourth-order valence-electron chi connectivity index (χ4n) is 1.69. The Morgan fingerprint density at radius 1 is 1.18 bits per heavy atom. The third-order valence-electron chi connectivity index (χ3n) is 2.48. The lowest BCUT2D eigenvalue weighted by atomic mass is 10.1. The van der Waals surface area contributed by atoms with Crippen LogP contribution in [0, 0.1) is 0 Å². The van der Waals surface area contributed by atoms with Gasteiger partial charge in [0, 0.05) is 19.2 Å². The summed E-state index contributed by atoms with van der Waals surface area (Å²) in [6, 6.07) is 3.96. The molecule has 1 rings (SSSR count). The average Bonchev–Trinajstić information content (AvgIpc) is 2.26.